The Balaban J connectivity index is 1.69. The summed E-state index contributed by atoms with van der Waals surface area (Å²) in [6.45, 7) is 1.58. The minimum Gasteiger partial charge on any atom is -0.352 e. The average molecular weight is 205 g/mol. The Labute approximate surface area is 89.1 Å². The van der Waals surface area contributed by atoms with E-state index in [9.17, 15) is 4.79 Å². The van der Waals surface area contributed by atoms with Gasteiger partial charge in [0.25, 0.3) is 0 Å². The van der Waals surface area contributed by atoms with Crippen molar-refractivity contribution in [3.8, 4) is 0 Å². The lowest BCUT2D eigenvalue weighted by atomic mass is 10.2. The molecule has 0 aromatic carbocycles. The molecule has 2 rings (SSSR count). The van der Waals surface area contributed by atoms with E-state index in [4.69, 9.17) is 0 Å². The number of aromatic nitrogens is 1. The number of amides is 1. The average Bonchev–Trinajstić information content (AvgIpc) is 2.66. The molecular weight excluding hydrogens is 190 g/mol. The van der Waals surface area contributed by atoms with Crippen molar-refractivity contribution in [1.82, 2.24) is 15.6 Å². The highest BCUT2D eigenvalue weighted by molar-refractivity contribution is 5.78. The van der Waals surface area contributed by atoms with E-state index in [1.54, 1.807) is 6.20 Å². The lowest BCUT2D eigenvalue weighted by Crippen LogP contribution is -2.35. The maximum Gasteiger partial charge on any atom is 0.220 e. The first kappa shape index (κ1) is 10.1. The van der Waals surface area contributed by atoms with Gasteiger partial charge in [0.05, 0.1) is 5.69 Å². The van der Waals surface area contributed by atoms with Gasteiger partial charge in [-0.05, 0) is 18.6 Å². The summed E-state index contributed by atoms with van der Waals surface area (Å²) in [4.78, 5) is 15.1. The van der Waals surface area contributed by atoms with Crippen LogP contribution in [0.25, 0.3) is 0 Å². The SMILES string of the molecule is O=C1CC[C@H](CNCc2ccccn2)N1. The van der Waals surface area contributed by atoms with Crippen LogP contribution in [0.1, 0.15) is 18.5 Å². The van der Waals surface area contributed by atoms with E-state index in [0.29, 0.717) is 12.5 Å². The van der Waals surface area contributed by atoms with E-state index in [1.165, 1.54) is 0 Å². The molecule has 4 heteroatoms. The molecule has 0 radical (unpaired) electrons. The smallest absolute Gasteiger partial charge is 0.220 e. The van der Waals surface area contributed by atoms with Crippen LogP contribution in [-0.4, -0.2) is 23.5 Å². The van der Waals surface area contributed by atoms with Crippen molar-refractivity contribution in [3.05, 3.63) is 30.1 Å². The third kappa shape index (κ3) is 3.02. The predicted molar refractivity (Wildman–Crippen MR) is 57.1 cm³/mol. The Kier molecular flexibility index (Phi) is 3.29. The summed E-state index contributed by atoms with van der Waals surface area (Å²) in [7, 11) is 0. The van der Waals surface area contributed by atoms with Crippen LogP contribution < -0.4 is 10.6 Å². The van der Waals surface area contributed by atoms with Crippen LogP contribution in [0.3, 0.4) is 0 Å². The van der Waals surface area contributed by atoms with Gasteiger partial charge in [0.15, 0.2) is 0 Å². The normalized spacial score (nSPS) is 20.3. The number of carbonyl (C=O) groups excluding carboxylic acids is 1. The van der Waals surface area contributed by atoms with Crippen molar-refractivity contribution in [1.29, 1.82) is 0 Å². The standard InChI is InChI=1S/C11H15N3O/c15-11-5-4-10(14-11)8-12-7-9-3-1-2-6-13-9/h1-3,6,10,12H,4-5,7-8H2,(H,14,15)/t10-/m1/s1. The predicted octanol–water partition coefficient (Wildman–Crippen LogP) is 0.450. The van der Waals surface area contributed by atoms with Gasteiger partial charge in [-0.15, -0.1) is 0 Å². The Morgan fingerprint density at radius 3 is 3.13 bits per heavy atom. The summed E-state index contributed by atoms with van der Waals surface area (Å²) < 4.78 is 0. The Hall–Kier alpha value is -1.42. The van der Waals surface area contributed by atoms with Crippen molar-refractivity contribution < 1.29 is 4.79 Å². The van der Waals surface area contributed by atoms with Crippen molar-refractivity contribution in [2.45, 2.75) is 25.4 Å². The van der Waals surface area contributed by atoms with Crippen molar-refractivity contribution in [2.75, 3.05) is 6.54 Å². The first-order valence-corrected chi connectivity index (χ1v) is 5.24. The molecule has 0 saturated carbocycles. The van der Waals surface area contributed by atoms with Crippen LogP contribution in [0, 0.1) is 0 Å². The number of rotatable bonds is 4. The second-order valence-corrected chi connectivity index (χ2v) is 3.76. The molecule has 1 amide bonds. The fourth-order valence-electron chi connectivity index (χ4n) is 1.71. The Morgan fingerprint density at radius 2 is 2.47 bits per heavy atom. The molecule has 1 atom stereocenters. The maximum absolute atomic E-state index is 10.9. The summed E-state index contributed by atoms with van der Waals surface area (Å²) in [5, 5.41) is 6.21. The van der Waals surface area contributed by atoms with Crippen LogP contribution in [0.15, 0.2) is 24.4 Å². The number of nitrogens with zero attached hydrogens (tertiary/aromatic N) is 1. The summed E-state index contributed by atoms with van der Waals surface area (Å²) in [5.41, 5.74) is 1.03. The van der Waals surface area contributed by atoms with Crippen LogP contribution in [0.2, 0.25) is 0 Å². The zero-order valence-electron chi connectivity index (χ0n) is 8.57. The van der Waals surface area contributed by atoms with Gasteiger partial charge in [-0.2, -0.15) is 0 Å². The molecule has 1 aromatic rings. The number of nitrogens with one attached hydrogen (secondary N) is 2. The van der Waals surface area contributed by atoms with Crippen LogP contribution in [0.4, 0.5) is 0 Å². The summed E-state index contributed by atoms with van der Waals surface area (Å²) in [6, 6.07) is 6.16. The molecule has 0 bridgehead atoms. The quantitative estimate of drug-likeness (QED) is 0.750. The molecule has 1 fully saturated rings. The van der Waals surface area contributed by atoms with Gasteiger partial charge >= 0.3 is 0 Å². The molecule has 0 spiro atoms. The van der Waals surface area contributed by atoms with Crippen LogP contribution in [0.5, 0.6) is 0 Å². The van der Waals surface area contributed by atoms with Gasteiger partial charge in [-0.3, -0.25) is 9.78 Å². The second-order valence-electron chi connectivity index (χ2n) is 3.76. The Morgan fingerprint density at radius 1 is 1.53 bits per heavy atom. The van der Waals surface area contributed by atoms with Gasteiger partial charge in [-0.1, -0.05) is 6.07 Å². The molecule has 1 saturated heterocycles. The van der Waals surface area contributed by atoms with Crippen LogP contribution >= 0.6 is 0 Å². The molecule has 80 valence electrons. The van der Waals surface area contributed by atoms with Crippen molar-refractivity contribution in [3.63, 3.8) is 0 Å². The number of hydrogen-bond acceptors (Lipinski definition) is 3. The second kappa shape index (κ2) is 4.89. The monoisotopic (exact) mass is 205 g/mol. The van der Waals surface area contributed by atoms with E-state index in [1.807, 2.05) is 18.2 Å². The van der Waals surface area contributed by atoms with Crippen molar-refractivity contribution >= 4 is 5.91 Å². The molecular formula is C11H15N3O. The molecule has 2 N–H and O–H groups in total. The number of carbonyl (C=O) groups is 1. The van der Waals surface area contributed by atoms with Gasteiger partial charge in [0.2, 0.25) is 5.91 Å². The fourth-order valence-corrected chi connectivity index (χ4v) is 1.71. The third-order valence-electron chi connectivity index (χ3n) is 2.51. The first-order valence-electron chi connectivity index (χ1n) is 5.24. The van der Waals surface area contributed by atoms with Gasteiger partial charge in [0.1, 0.15) is 0 Å². The molecule has 4 nitrogen and oxygen atoms in total. The van der Waals surface area contributed by atoms with Gasteiger partial charge < -0.3 is 10.6 Å². The topological polar surface area (TPSA) is 54.0 Å². The summed E-state index contributed by atoms with van der Waals surface area (Å²) >= 11 is 0. The highest BCUT2D eigenvalue weighted by Gasteiger charge is 2.19. The lowest BCUT2D eigenvalue weighted by Gasteiger charge is -2.10. The first-order chi connectivity index (χ1) is 7.34. The van der Waals surface area contributed by atoms with Gasteiger partial charge in [-0.25, -0.2) is 0 Å². The summed E-state index contributed by atoms with van der Waals surface area (Å²) in [6.07, 6.45) is 3.39. The van der Waals surface area contributed by atoms with E-state index in [2.05, 4.69) is 15.6 Å². The zero-order chi connectivity index (χ0) is 10.5. The molecule has 1 aliphatic heterocycles. The lowest BCUT2D eigenvalue weighted by molar-refractivity contribution is -0.119. The van der Waals surface area contributed by atoms with E-state index < -0.39 is 0 Å². The molecule has 1 aromatic heterocycles. The van der Waals surface area contributed by atoms with Crippen LogP contribution in [-0.2, 0) is 11.3 Å². The van der Waals surface area contributed by atoms with Gasteiger partial charge in [0, 0.05) is 31.7 Å². The number of pyridine rings is 1. The Bertz CT molecular complexity index is 326. The van der Waals surface area contributed by atoms with E-state index in [-0.39, 0.29) is 5.91 Å². The molecule has 15 heavy (non-hydrogen) atoms. The molecule has 1 aliphatic rings. The largest absolute Gasteiger partial charge is 0.352 e. The third-order valence-corrected chi connectivity index (χ3v) is 2.51. The molecule has 0 unspecified atom stereocenters. The molecule has 2 heterocycles. The highest BCUT2D eigenvalue weighted by atomic mass is 16.1. The van der Waals surface area contributed by atoms with Crippen molar-refractivity contribution in [2.24, 2.45) is 0 Å². The molecule has 0 aliphatic carbocycles. The maximum atomic E-state index is 10.9. The number of hydrogen-bond donors (Lipinski definition) is 2. The van der Waals surface area contributed by atoms with E-state index in [0.717, 1.165) is 25.2 Å². The zero-order valence-corrected chi connectivity index (χ0v) is 8.57. The fraction of sp³-hybridized carbons (Fsp3) is 0.455. The minimum absolute atomic E-state index is 0.166. The minimum atomic E-state index is 0.166. The summed E-state index contributed by atoms with van der Waals surface area (Å²) in [5.74, 6) is 0.166. The highest BCUT2D eigenvalue weighted by Crippen LogP contribution is 2.05. The van der Waals surface area contributed by atoms with E-state index >= 15 is 0 Å².